The first-order valence-corrected chi connectivity index (χ1v) is 18.5. The summed E-state index contributed by atoms with van der Waals surface area (Å²) in [6.07, 6.45) is 6.26. The molecule has 2 aromatic carbocycles. The molecule has 1 N–H and O–H groups in total. The molecule has 2 fully saturated rings. The molecule has 0 aliphatic heterocycles. The second-order valence-electron chi connectivity index (χ2n) is 14.7. The monoisotopic (exact) mass is 610 g/mol. The standard InChI is InChI=1S/C37H59N2O3P/c1-25(2)33-21-15-27(5)23-35(33)41-43(40,42-36-24-28(6)16-22-34(36)26(3)4)37(31-17-19-32(20-18-31)39(8)9)38-29(7)30-13-11-10-12-14-30/h10-14,17-20,25-29,33-38H,15-16,21-24H2,1-9H3/t27-,28-,29+,33-,34-,35-,36-,37+/m1/s1. The minimum atomic E-state index is -3.73. The van der Waals surface area contributed by atoms with Crippen molar-refractivity contribution in [1.29, 1.82) is 0 Å². The molecule has 43 heavy (non-hydrogen) atoms. The lowest BCUT2D eigenvalue weighted by Crippen LogP contribution is -2.38. The van der Waals surface area contributed by atoms with Gasteiger partial charge in [0.05, 0.1) is 12.2 Å². The fourth-order valence-corrected chi connectivity index (χ4v) is 9.87. The van der Waals surface area contributed by atoms with Gasteiger partial charge < -0.3 is 13.9 Å². The molecule has 0 bridgehead atoms. The van der Waals surface area contributed by atoms with Gasteiger partial charge in [0.15, 0.2) is 0 Å². The Morgan fingerprint density at radius 1 is 0.721 bits per heavy atom. The van der Waals surface area contributed by atoms with Crippen LogP contribution in [0, 0.1) is 35.5 Å². The molecule has 0 amide bonds. The lowest BCUT2D eigenvalue weighted by Gasteiger charge is -2.44. The number of hydrogen-bond acceptors (Lipinski definition) is 5. The Bertz CT molecular complexity index is 1130. The van der Waals surface area contributed by atoms with Crippen LogP contribution < -0.4 is 10.2 Å². The smallest absolute Gasteiger partial charge is 0.352 e. The van der Waals surface area contributed by atoms with Gasteiger partial charge in [0.2, 0.25) is 0 Å². The molecule has 2 aromatic rings. The topological polar surface area (TPSA) is 50.8 Å². The molecule has 6 heteroatoms. The van der Waals surface area contributed by atoms with Gasteiger partial charge in [-0.25, -0.2) is 0 Å². The summed E-state index contributed by atoms with van der Waals surface area (Å²) in [5.41, 5.74) is 3.21. The van der Waals surface area contributed by atoms with Crippen LogP contribution in [0.5, 0.6) is 0 Å². The van der Waals surface area contributed by atoms with Crippen molar-refractivity contribution in [3.63, 3.8) is 0 Å². The fourth-order valence-electron chi connectivity index (χ4n) is 7.40. The summed E-state index contributed by atoms with van der Waals surface area (Å²) in [6.45, 7) is 15.9. The lowest BCUT2D eigenvalue weighted by molar-refractivity contribution is -0.00718. The maximum absolute atomic E-state index is 15.9. The van der Waals surface area contributed by atoms with Crippen LogP contribution in [-0.2, 0) is 13.6 Å². The van der Waals surface area contributed by atoms with Crippen LogP contribution in [-0.4, -0.2) is 26.3 Å². The molecule has 0 spiro atoms. The molecule has 240 valence electrons. The van der Waals surface area contributed by atoms with E-state index in [4.69, 9.17) is 9.05 Å². The van der Waals surface area contributed by atoms with Gasteiger partial charge in [-0.05, 0) is 91.4 Å². The molecular weight excluding hydrogens is 551 g/mol. The third-order valence-electron chi connectivity index (χ3n) is 10.2. The normalized spacial score (nSPS) is 28.2. The molecule has 0 saturated heterocycles. The number of nitrogens with zero attached hydrogens (tertiary/aromatic N) is 1. The van der Waals surface area contributed by atoms with E-state index in [9.17, 15) is 0 Å². The largest absolute Gasteiger partial charge is 0.378 e. The highest BCUT2D eigenvalue weighted by atomic mass is 31.2. The summed E-state index contributed by atoms with van der Waals surface area (Å²) < 4.78 is 30.0. The summed E-state index contributed by atoms with van der Waals surface area (Å²) in [7, 11) is 0.362. The summed E-state index contributed by atoms with van der Waals surface area (Å²) in [6, 6.07) is 18.8. The molecule has 2 aliphatic rings. The minimum absolute atomic E-state index is 0.0439. The molecule has 5 nitrogen and oxygen atoms in total. The number of anilines is 1. The number of hydrogen-bond donors (Lipinski definition) is 1. The first kappa shape index (κ1) is 34.2. The van der Waals surface area contributed by atoms with Gasteiger partial charge in [0, 0.05) is 25.8 Å². The highest BCUT2D eigenvalue weighted by molar-refractivity contribution is 7.54. The maximum Gasteiger partial charge on any atom is 0.352 e. The quantitative estimate of drug-likeness (QED) is 0.242. The molecule has 4 rings (SSSR count). The predicted octanol–water partition coefficient (Wildman–Crippen LogP) is 10.2. The van der Waals surface area contributed by atoms with Crippen molar-refractivity contribution in [3.8, 4) is 0 Å². The van der Waals surface area contributed by atoms with Gasteiger partial charge in [0.1, 0.15) is 5.78 Å². The molecule has 0 heterocycles. The van der Waals surface area contributed by atoms with Crippen LogP contribution in [0.2, 0.25) is 0 Å². The van der Waals surface area contributed by atoms with Crippen LogP contribution in [0.1, 0.15) is 110 Å². The average Bonchev–Trinajstić information content (AvgIpc) is 2.96. The number of rotatable bonds is 12. The summed E-state index contributed by atoms with van der Waals surface area (Å²) in [5.74, 6) is 2.14. The summed E-state index contributed by atoms with van der Waals surface area (Å²) in [5, 5.41) is 3.80. The van der Waals surface area contributed by atoms with E-state index in [2.05, 4.69) is 107 Å². The van der Waals surface area contributed by atoms with Crippen molar-refractivity contribution in [3.05, 3.63) is 65.7 Å². The van der Waals surface area contributed by atoms with E-state index in [0.29, 0.717) is 35.5 Å². The Kier molecular flexibility index (Phi) is 12.0. The van der Waals surface area contributed by atoms with Crippen molar-refractivity contribution in [1.82, 2.24) is 5.32 Å². The molecule has 8 atom stereocenters. The molecule has 2 saturated carbocycles. The first-order valence-electron chi connectivity index (χ1n) is 16.9. The van der Waals surface area contributed by atoms with E-state index in [-0.39, 0.29) is 18.2 Å². The van der Waals surface area contributed by atoms with Gasteiger partial charge in [-0.3, -0.25) is 9.88 Å². The SMILES string of the molecule is CC(C)[C@H]1CC[C@@H](C)C[C@H]1OP(=O)(O[C@@H]1C[C@H](C)CC[C@@H]1C(C)C)[C@H](N[C@@H](C)c1ccccc1)c1ccc(N(C)C)cc1. The van der Waals surface area contributed by atoms with Gasteiger partial charge in [-0.2, -0.15) is 0 Å². The van der Waals surface area contributed by atoms with Crippen molar-refractivity contribution in [2.75, 3.05) is 19.0 Å². The summed E-state index contributed by atoms with van der Waals surface area (Å²) in [4.78, 5) is 2.10. The van der Waals surface area contributed by atoms with Crippen LogP contribution in [0.4, 0.5) is 5.69 Å². The molecular formula is C37H59N2O3P. The second-order valence-corrected chi connectivity index (χ2v) is 16.7. The Morgan fingerprint density at radius 2 is 1.21 bits per heavy atom. The minimum Gasteiger partial charge on any atom is -0.378 e. The average molecular weight is 611 g/mol. The molecule has 0 unspecified atom stereocenters. The van der Waals surface area contributed by atoms with Crippen molar-refractivity contribution in [2.45, 2.75) is 111 Å². The van der Waals surface area contributed by atoms with Gasteiger partial charge in [-0.15, -0.1) is 0 Å². The summed E-state index contributed by atoms with van der Waals surface area (Å²) >= 11 is 0. The molecule has 0 aromatic heterocycles. The zero-order valence-corrected chi connectivity index (χ0v) is 29.2. The second kappa shape index (κ2) is 15.1. The third kappa shape index (κ3) is 8.75. The van der Waals surface area contributed by atoms with E-state index in [1.165, 1.54) is 12.8 Å². The van der Waals surface area contributed by atoms with Crippen LogP contribution in [0.25, 0.3) is 0 Å². The Labute approximate surface area is 263 Å². The van der Waals surface area contributed by atoms with E-state index in [0.717, 1.165) is 42.5 Å². The van der Waals surface area contributed by atoms with E-state index < -0.39 is 13.4 Å². The lowest BCUT2D eigenvalue weighted by atomic mass is 9.75. The predicted molar refractivity (Wildman–Crippen MR) is 182 cm³/mol. The van der Waals surface area contributed by atoms with Gasteiger partial charge in [0.25, 0.3) is 0 Å². The van der Waals surface area contributed by atoms with E-state index in [1.807, 2.05) is 20.2 Å². The zero-order chi connectivity index (χ0) is 31.3. The Morgan fingerprint density at radius 3 is 1.65 bits per heavy atom. The number of benzene rings is 2. The molecule has 2 aliphatic carbocycles. The highest BCUT2D eigenvalue weighted by Crippen LogP contribution is 2.65. The Hall–Kier alpha value is -1.65. The zero-order valence-electron chi connectivity index (χ0n) is 28.3. The van der Waals surface area contributed by atoms with Crippen molar-refractivity contribution >= 4 is 13.3 Å². The highest BCUT2D eigenvalue weighted by Gasteiger charge is 2.47. The number of nitrogens with one attached hydrogen (secondary N) is 1. The van der Waals surface area contributed by atoms with Crippen molar-refractivity contribution < 1.29 is 13.6 Å². The van der Waals surface area contributed by atoms with Crippen LogP contribution in [0.15, 0.2) is 54.6 Å². The van der Waals surface area contributed by atoms with Crippen LogP contribution in [0.3, 0.4) is 0 Å². The van der Waals surface area contributed by atoms with E-state index in [1.54, 1.807) is 0 Å². The van der Waals surface area contributed by atoms with Gasteiger partial charge in [-0.1, -0.05) is 96.8 Å². The van der Waals surface area contributed by atoms with Crippen molar-refractivity contribution in [2.24, 2.45) is 35.5 Å². The fraction of sp³-hybridized carbons (Fsp3) is 0.676. The third-order valence-corrected chi connectivity index (χ3v) is 12.4. The molecule has 0 radical (unpaired) electrons. The van der Waals surface area contributed by atoms with Crippen LogP contribution >= 0.6 is 7.60 Å². The van der Waals surface area contributed by atoms with E-state index >= 15 is 4.57 Å². The maximum atomic E-state index is 15.9. The first-order chi connectivity index (χ1) is 20.4. The Balaban J connectivity index is 1.80. The van der Waals surface area contributed by atoms with Gasteiger partial charge >= 0.3 is 7.60 Å².